The number of alkyl halides is 1. The molecule has 1 saturated heterocycles. The van der Waals surface area contributed by atoms with Crippen molar-refractivity contribution in [1.29, 1.82) is 5.26 Å². The van der Waals surface area contributed by atoms with E-state index in [4.69, 9.17) is 5.26 Å². The summed E-state index contributed by atoms with van der Waals surface area (Å²) < 4.78 is 16.2. The molecule has 1 aliphatic heterocycles. The molecule has 0 unspecified atom stereocenters. The summed E-state index contributed by atoms with van der Waals surface area (Å²) in [4.78, 5) is 13.4. The van der Waals surface area contributed by atoms with Gasteiger partial charge in [-0.15, -0.1) is 0 Å². The first-order valence-electron chi connectivity index (χ1n) is 7.30. The second-order valence-corrected chi connectivity index (χ2v) is 5.60. The van der Waals surface area contributed by atoms with Crippen molar-refractivity contribution in [1.82, 2.24) is 14.7 Å². The predicted octanol–water partition coefficient (Wildman–Crippen LogP) is 1.76. The van der Waals surface area contributed by atoms with Gasteiger partial charge < -0.3 is 10.2 Å². The Labute approximate surface area is 133 Å². The molecule has 3 rings (SSSR count). The maximum absolute atomic E-state index is 14.6. The third-order valence-corrected chi connectivity index (χ3v) is 3.85. The van der Waals surface area contributed by atoms with Crippen molar-refractivity contribution in [2.45, 2.75) is 18.6 Å². The third kappa shape index (κ3) is 3.31. The van der Waals surface area contributed by atoms with Crippen LogP contribution in [0.25, 0.3) is 0 Å². The van der Waals surface area contributed by atoms with E-state index in [9.17, 15) is 9.18 Å². The number of nitriles is 1. The molecule has 1 aromatic heterocycles. The molecule has 0 radical (unpaired) electrons. The molecule has 23 heavy (non-hydrogen) atoms. The number of hydrogen-bond acceptors (Lipinski definition) is 4. The van der Waals surface area contributed by atoms with Crippen molar-refractivity contribution >= 4 is 11.6 Å². The van der Waals surface area contributed by atoms with Crippen molar-refractivity contribution in [3.8, 4) is 6.19 Å². The molecule has 2 aromatic rings. The van der Waals surface area contributed by atoms with Gasteiger partial charge >= 0.3 is 0 Å². The van der Waals surface area contributed by atoms with Crippen LogP contribution in [-0.4, -0.2) is 39.3 Å². The zero-order valence-corrected chi connectivity index (χ0v) is 12.4. The lowest BCUT2D eigenvalue weighted by atomic mass is 10.0. The minimum Gasteiger partial charge on any atom is -0.321 e. The highest BCUT2D eigenvalue weighted by Crippen LogP contribution is 2.26. The van der Waals surface area contributed by atoms with E-state index in [0.717, 1.165) is 5.56 Å². The Morgan fingerprint density at radius 3 is 2.91 bits per heavy atom. The molecule has 1 amide bonds. The molecule has 118 valence electrons. The molecule has 1 aromatic carbocycles. The predicted molar refractivity (Wildman–Crippen MR) is 82.0 cm³/mol. The fourth-order valence-electron chi connectivity index (χ4n) is 2.57. The Morgan fingerprint density at radius 1 is 1.43 bits per heavy atom. The molecule has 7 heteroatoms. The number of anilines is 1. The summed E-state index contributed by atoms with van der Waals surface area (Å²) in [5, 5.41) is 15.5. The maximum Gasteiger partial charge on any atom is 0.264 e. The molecule has 0 aliphatic carbocycles. The van der Waals surface area contributed by atoms with Crippen molar-refractivity contribution in [3.63, 3.8) is 0 Å². The van der Waals surface area contributed by atoms with E-state index in [2.05, 4.69) is 10.4 Å². The monoisotopic (exact) mass is 313 g/mol. The highest BCUT2D eigenvalue weighted by Gasteiger charge is 2.45. The molecule has 1 aliphatic rings. The summed E-state index contributed by atoms with van der Waals surface area (Å²) in [6.45, 7) is 0.626. The van der Waals surface area contributed by atoms with Crippen LogP contribution < -0.4 is 5.32 Å². The highest BCUT2D eigenvalue weighted by atomic mass is 19.1. The van der Waals surface area contributed by atoms with Gasteiger partial charge in [0, 0.05) is 19.2 Å². The van der Waals surface area contributed by atoms with Gasteiger partial charge in [-0.3, -0.25) is 9.48 Å². The summed E-state index contributed by atoms with van der Waals surface area (Å²) in [6.07, 6.45) is 5.03. The van der Waals surface area contributed by atoms with Crippen molar-refractivity contribution in [2.75, 3.05) is 18.4 Å². The van der Waals surface area contributed by atoms with Crippen LogP contribution in [0.2, 0.25) is 0 Å². The summed E-state index contributed by atoms with van der Waals surface area (Å²) >= 11 is 0. The summed E-state index contributed by atoms with van der Waals surface area (Å²) in [7, 11) is 0. The molecular weight excluding hydrogens is 297 g/mol. The topological polar surface area (TPSA) is 74.0 Å². The van der Waals surface area contributed by atoms with Crippen LogP contribution in [0.1, 0.15) is 12.0 Å². The minimum atomic E-state index is -2.03. The number of hydrogen-bond donors (Lipinski definition) is 1. The molecule has 6 nitrogen and oxygen atoms in total. The van der Waals surface area contributed by atoms with E-state index >= 15 is 0 Å². The number of nitrogens with zero attached hydrogens (tertiary/aromatic N) is 4. The van der Waals surface area contributed by atoms with E-state index in [0.29, 0.717) is 12.2 Å². The van der Waals surface area contributed by atoms with E-state index in [1.165, 1.54) is 11.1 Å². The average Bonchev–Trinajstić information content (AvgIpc) is 3.16. The average molecular weight is 313 g/mol. The number of carbonyl (C=O) groups excluding carboxylic acids is 1. The lowest BCUT2D eigenvalue weighted by Gasteiger charge is -2.17. The zero-order chi connectivity index (χ0) is 16.3. The fraction of sp³-hybridized carbons (Fsp3) is 0.312. The van der Waals surface area contributed by atoms with Crippen LogP contribution >= 0.6 is 0 Å². The van der Waals surface area contributed by atoms with E-state index < -0.39 is 11.6 Å². The van der Waals surface area contributed by atoms with Gasteiger partial charge in [0.25, 0.3) is 5.91 Å². The van der Waals surface area contributed by atoms with Gasteiger partial charge in [-0.1, -0.05) is 30.3 Å². The van der Waals surface area contributed by atoms with Crippen LogP contribution in [0, 0.1) is 11.5 Å². The minimum absolute atomic E-state index is 0.0184. The van der Waals surface area contributed by atoms with Gasteiger partial charge in [0.15, 0.2) is 6.19 Å². The number of rotatable bonds is 4. The number of carbonyl (C=O) groups is 1. The number of halogens is 1. The molecule has 1 fully saturated rings. The van der Waals surface area contributed by atoms with Gasteiger partial charge in [0.2, 0.25) is 5.67 Å². The summed E-state index contributed by atoms with van der Waals surface area (Å²) in [5.74, 6) is -0.727. The summed E-state index contributed by atoms with van der Waals surface area (Å²) in [5.41, 5.74) is -0.508. The number of nitrogens with one attached hydrogen (secondary N) is 1. The SMILES string of the molecule is N#CN1CC[C@](F)(C(=O)Nc2cnn(Cc3ccccc3)c2)C1. The molecular formula is C16H16FN5O. The fourth-order valence-corrected chi connectivity index (χ4v) is 2.57. The smallest absolute Gasteiger partial charge is 0.264 e. The van der Waals surface area contributed by atoms with Crippen LogP contribution in [0.3, 0.4) is 0 Å². The first-order valence-corrected chi connectivity index (χ1v) is 7.30. The Hall–Kier alpha value is -2.88. The molecule has 2 heterocycles. The van der Waals surface area contributed by atoms with Gasteiger partial charge in [0.05, 0.1) is 25.0 Å². The van der Waals surface area contributed by atoms with Crippen molar-refractivity contribution < 1.29 is 9.18 Å². The molecule has 0 saturated carbocycles. The number of benzene rings is 1. The second-order valence-electron chi connectivity index (χ2n) is 5.60. The number of likely N-dealkylation sites (tertiary alicyclic amines) is 1. The van der Waals surface area contributed by atoms with Gasteiger partial charge in [-0.25, -0.2) is 4.39 Å². The van der Waals surface area contributed by atoms with Crippen LogP contribution in [-0.2, 0) is 11.3 Å². The van der Waals surface area contributed by atoms with Gasteiger partial charge in [-0.2, -0.15) is 10.4 Å². The zero-order valence-electron chi connectivity index (χ0n) is 12.4. The summed E-state index contributed by atoms with van der Waals surface area (Å²) in [6, 6.07) is 9.77. The largest absolute Gasteiger partial charge is 0.321 e. The van der Waals surface area contributed by atoms with Crippen LogP contribution in [0.4, 0.5) is 10.1 Å². The van der Waals surface area contributed by atoms with E-state index in [1.54, 1.807) is 10.9 Å². The molecule has 0 bridgehead atoms. The van der Waals surface area contributed by atoms with Gasteiger partial charge in [0.1, 0.15) is 0 Å². The second kappa shape index (κ2) is 6.08. The first kappa shape index (κ1) is 15.0. The number of aromatic nitrogens is 2. The van der Waals surface area contributed by atoms with Crippen LogP contribution in [0.5, 0.6) is 0 Å². The maximum atomic E-state index is 14.6. The third-order valence-electron chi connectivity index (χ3n) is 3.85. The quantitative estimate of drug-likeness (QED) is 0.873. The van der Waals surface area contributed by atoms with Gasteiger partial charge in [-0.05, 0) is 5.56 Å². The van der Waals surface area contributed by atoms with Crippen LogP contribution in [0.15, 0.2) is 42.7 Å². The van der Waals surface area contributed by atoms with Crippen molar-refractivity contribution in [3.05, 3.63) is 48.3 Å². The Morgan fingerprint density at radius 2 is 2.22 bits per heavy atom. The lowest BCUT2D eigenvalue weighted by molar-refractivity contribution is -0.126. The highest BCUT2D eigenvalue weighted by molar-refractivity contribution is 5.97. The Balaban J connectivity index is 1.63. The standard InChI is InChI=1S/C16H16FN5O/c17-16(6-7-21(11-16)12-18)15(23)20-14-8-19-22(10-14)9-13-4-2-1-3-5-13/h1-5,8,10H,6-7,9,11H2,(H,20,23)/t16-/m1/s1. The molecule has 0 spiro atoms. The Kier molecular flexibility index (Phi) is 3.98. The Bertz CT molecular complexity index is 738. The first-order chi connectivity index (χ1) is 11.1. The number of amides is 1. The lowest BCUT2D eigenvalue weighted by Crippen LogP contribution is -2.40. The normalized spacial score (nSPS) is 20.3. The molecule has 1 atom stereocenters. The van der Waals surface area contributed by atoms with Crippen molar-refractivity contribution in [2.24, 2.45) is 0 Å². The van der Waals surface area contributed by atoms with E-state index in [-0.39, 0.29) is 19.5 Å². The molecule has 1 N–H and O–H groups in total. The van der Waals surface area contributed by atoms with E-state index in [1.807, 2.05) is 36.5 Å².